The van der Waals surface area contributed by atoms with Gasteiger partial charge in [-0.2, -0.15) is 0 Å². The van der Waals surface area contributed by atoms with E-state index in [1.165, 1.54) is 38.1 Å². The van der Waals surface area contributed by atoms with Crippen LogP contribution in [-0.4, -0.2) is 106 Å². The van der Waals surface area contributed by atoms with Gasteiger partial charge < -0.3 is 65.3 Å². The Labute approximate surface area is 288 Å². The molecule has 0 aromatic heterocycles. The highest BCUT2D eigenvalue weighted by molar-refractivity contribution is 5.97. The van der Waals surface area contributed by atoms with E-state index in [4.69, 9.17) is 33.8 Å². The van der Waals surface area contributed by atoms with E-state index in [1.54, 1.807) is 0 Å². The first kappa shape index (κ1) is 42.4. The third kappa shape index (κ3) is 16.4. The third-order valence-corrected chi connectivity index (χ3v) is 7.15. The fourth-order valence-electron chi connectivity index (χ4n) is 4.36. The summed E-state index contributed by atoms with van der Waals surface area (Å²) in [4.78, 5) is 83.6. The molecule has 0 radical (unpaired) electrons. The largest absolute Gasteiger partial charge is 0.508 e. The quantitative estimate of drug-likeness (QED) is 0.0319. The van der Waals surface area contributed by atoms with Gasteiger partial charge in [-0.05, 0) is 63.6 Å². The second-order valence-electron chi connectivity index (χ2n) is 11.9. The number of rotatable bonds is 22. The van der Waals surface area contributed by atoms with Crippen LogP contribution in [0.3, 0.4) is 0 Å². The number of phenolic OH excluding ortho intramolecular Hbond substituents is 1. The number of carboxylic acids is 2. The van der Waals surface area contributed by atoms with Crippen LogP contribution < -0.4 is 49.9 Å². The van der Waals surface area contributed by atoms with Gasteiger partial charge in [0.15, 0.2) is 11.9 Å². The lowest BCUT2D eigenvalue weighted by molar-refractivity contribution is -0.142. The molecule has 17 N–H and O–H groups in total. The van der Waals surface area contributed by atoms with E-state index in [2.05, 4.69) is 31.3 Å². The van der Waals surface area contributed by atoms with Crippen LogP contribution in [0.2, 0.25) is 0 Å². The molecule has 0 aliphatic carbocycles. The van der Waals surface area contributed by atoms with E-state index < -0.39 is 65.3 Å². The molecule has 4 atom stereocenters. The molecule has 1 rings (SSSR count). The molecule has 0 saturated carbocycles. The van der Waals surface area contributed by atoms with Crippen LogP contribution in [0, 0.1) is 0 Å². The van der Waals surface area contributed by atoms with Crippen LogP contribution in [0.1, 0.15) is 57.9 Å². The van der Waals surface area contributed by atoms with Crippen LogP contribution in [0.15, 0.2) is 34.3 Å². The van der Waals surface area contributed by atoms with E-state index in [0.29, 0.717) is 5.56 Å². The maximum Gasteiger partial charge on any atom is 0.326 e. The number of aliphatic carboxylic acids is 2. The van der Waals surface area contributed by atoms with Crippen LogP contribution in [0.5, 0.6) is 5.75 Å². The zero-order valence-electron chi connectivity index (χ0n) is 28.1. The molecule has 0 aliphatic heterocycles. The average molecular weight is 708 g/mol. The predicted octanol–water partition coefficient (Wildman–Crippen LogP) is -3.33. The molecule has 0 spiro atoms. The lowest BCUT2D eigenvalue weighted by Gasteiger charge is -2.30. The zero-order chi connectivity index (χ0) is 38.0. The Balaban J connectivity index is 3.15. The molecule has 0 saturated heterocycles. The molecule has 1 aromatic carbocycles. The first-order valence-corrected chi connectivity index (χ1v) is 15.6. The summed E-state index contributed by atoms with van der Waals surface area (Å²) in [6.07, 6.45) is -0.304. The maximum absolute atomic E-state index is 13.5. The normalized spacial score (nSPS) is 13.3. The van der Waals surface area contributed by atoms with Gasteiger partial charge in [-0.1, -0.05) is 12.1 Å². The summed E-state index contributed by atoms with van der Waals surface area (Å²) in [5.74, 6) is -6.18. The van der Waals surface area contributed by atoms with Gasteiger partial charge in [-0.15, -0.1) is 0 Å². The molecule has 20 nitrogen and oxygen atoms in total. The second-order valence-corrected chi connectivity index (χ2v) is 11.9. The van der Waals surface area contributed by atoms with Crippen molar-refractivity contribution in [2.24, 2.45) is 38.7 Å². The number of carboxylic acid groups (broad SMARTS) is 2. The summed E-state index contributed by atoms with van der Waals surface area (Å²) in [5, 5.41) is 38.2. The summed E-state index contributed by atoms with van der Waals surface area (Å²) < 4.78 is 0. The smallest absolute Gasteiger partial charge is 0.326 e. The number of aliphatic imine (C=N–C) groups is 2. The minimum absolute atomic E-state index is 0.00509. The van der Waals surface area contributed by atoms with Crippen molar-refractivity contribution in [1.29, 1.82) is 0 Å². The fraction of sp³-hybridized carbons (Fsp3) is 0.533. The number of hydrogen-bond donors (Lipinski definition) is 12. The minimum Gasteiger partial charge on any atom is -0.508 e. The highest BCUT2D eigenvalue weighted by Crippen LogP contribution is 2.13. The molecule has 50 heavy (non-hydrogen) atoms. The van der Waals surface area contributed by atoms with Gasteiger partial charge in [-0.25, -0.2) is 4.79 Å². The van der Waals surface area contributed by atoms with Crippen molar-refractivity contribution in [3.63, 3.8) is 0 Å². The summed E-state index contributed by atoms with van der Waals surface area (Å²) >= 11 is 0. The molecular weight excluding hydrogens is 658 g/mol. The van der Waals surface area contributed by atoms with Crippen LogP contribution in [0.25, 0.3) is 0 Å². The highest BCUT2D eigenvalue weighted by atomic mass is 16.4. The molecule has 0 bridgehead atoms. The molecule has 20 heteroatoms. The van der Waals surface area contributed by atoms with Gasteiger partial charge in [-0.3, -0.25) is 34.0 Å². The van der Waals surface area contributed by atoms with Crippen molar-refractivity contribution in [2.45, 2.75) is 88.5 Å². The number of hydrogen-bond acceptors (Lipinski definition) is 10. The standard InChI is InChI=1S/C30H49N11O9/c1-30(2,41-25(47)20(6-4-14-37-29(34)35)38-23(45)18(31)11-12-22(43)44)27(50)40-19(5-3-13-36-28(32)33)24(46)39-21(26(48)49)15-16-7-9-17(42)10-8-16/h7-10,18-21,42H,3-6,11-15,31H2,1-2H3,(H,38,45)(H,39,46)(H,40,50)(H,41,47)(H,43,44)(H,48,49)(H4,32,33,36)(H4,34,35,37)/t18-,19-,20-,21-/m0/s1. The first-order valence-electron chi connectivity index (χ1n) is 15.6. The number of carbonyl (C=O) groups is 6. The molecule has 0 heterocycles. The van der Waals surface area contributed by atoms with Crippen molar-refractivity contribution in [3.05, 3.63) is 29.8 Å². The highest BCUT2D eigenvalue weighted by Gasteiger charge is 2.36. The number of aromatic hydroxyl groups is 1. The Morgan fingerprint density at radius 2 is 1.24 bits per heavy atom. The van der Waals surface area contributed by atoms with Gasteiger partial charge in [0.1, 0.15) is 29.4 Å². The van der Waals surface area contributed by atoms with Crippen molar-refractivity contribution in [2.75, 3.05) is 13.1 Å². The number of amides is 4. The molecular formula is C30H49N11O9. The summed E-state index contributed by atoms with van der Waals surface area (Å²) in [6, 6.07) is 0.556. The van der Waals surface area contributed by atoms with E-state index in [-0.39, 0.29) is 75.7 Å². The number of nitrogens with two attached hydrogens (primary N) is 5. The molecule has 0 fully saturated rings. The van der Waals surface area contributed by atoms with E-state index in [0.717, 1.165) is 0 Å². The Hall–Kier alpha value is -5.66. The Bertz CT molecular complexity index is 1390. The number of carbonyl (C=O) groups excluding carboxylic acids is 4. The predicted molar refractivity (Wildman–Crippen MR) is 182 cm³/mol. The van der Waals surface area contributed by atoms with Crippen molar-refractivity contribution in [1.82, 2.24) is 21.3 Å². The molecule has 0 aliphatic rings. The van der Waals surface area contributed by atoms with Crippen molar-refractivity contribution >= 4 is 47.5 Å². The van der Waals surface area contributed by atoms with Gasteiger partial charge in [0, 0.05) is 25.9 Å². The van der Waals surface area contributed by atoms with Crippen molar-refractivity contribution in [3.8, 4) is 5.75 Å². The summed E-state index contributed by atoms with van der Waals surface area (Å²) in [6.45, 7) is 2.89. The average Bonchev–Trinajstić information content (AvgIpc) is 3.02. The van der Waals surface area contributed by atoms with Crippen LogP contribution in [0.4, 0.5) is 0 Å². The van der Waals surface area contributed by atoms with Crippen LogP contribution in [-0.2, 0) is 35.2 Å². The number of benzene rings is 1. The van der Waals surface area contributed by atoms with Gasteiger partial charge in [0.05, 0.1) is 6.04 Å². The second kappa shape index (κ2) is 20.6. The number of guanidine groups is 2. The Kier molecular flexibility index (Phi) is 17.5. The number of nitrogens with zero attached hydrogens (tertiary/aromatic N) is 2. The van der Waals surface area contributed by atoms with E-state index in [9.17, 15) is 39.0 Å². The summed E-state index contributed by atoms with van der Waals surface area (Å²) in [5.41, 5.74) is 26.0. The SMILES string of the molecule is CC(C)(NC(=O)[C@H](CCCN=C(N)N)NC(=O)[C@@H](N)CCC(=O)O)C(=O)N[C@@H](CCCN=C(N)N)C(=O)N[C@@H](Cc1ccc(O)cc1)C(=O)O. The number of phenols is 1. The topological polar surface area (TPSA) is 366 Å². The molecule has 278 valence electrons. The lowest BCUT2D eigenvalue weighted by Crippen LogP contribution is -2.62. The fourth-order valence-corrected chi connectivity index (χ4v) is 4.36. The van der Waals surface area contributed by atoms with E-state index in [1.807, 2.05) is 0 Å². The maximum atomic E-state index is 13.5. The molecule has 0 unspecified atom stereocenters. The molecule has 4 amide bonds. The third-order valence-electron chi connectivity index (χ3n) is 7.15. The van der Waals surface area contributed by atoms with Crippen molar-refractivity contribution < 1.29 is 44.1 Å². The first-order chi connectivity index (χ1) is 23.3. The van der Waals surface area contributed by atoms with Crippen LogP contribution >= 0.6 is 0 Å². The Morgan fingerprint density at radius 1 is 0.740 bits per heavy atom. The zero-order valence-corrected chi connectivity index (χ0v) is 28.1. The minimum atomic E-state index is -1.69. The lowest BCUT2D eigenvalue weighted by atomic mass is 10.00. The number of nitrogens with one attached hydrogen (secondary N) is 4. The monoisotopic (exact) mass is 707 g/mol. The van der Waals surface area contributed by atoms with Gasteiger partial charge in [0.2, 0.25) is 23.6 Å². The molecule has 1 aromatic rings. The van der Waals surface area contributed by atoms with E-state index >= 15 is 0 Å². The van der Waals surface area contributed by atoms with Gasteiger partial charge >= 0.3 is 11.9 Å². The Morgan fingerprint density at radius 3 is 1.72 bits per heavy atom. The van der Waals surface area contributed by atoms with Gasteiger partial charge in [0.25, 0.3) is 0 Å². The summed E-state index contributed by atoms with van der Waals surface area (Å²) in [7, 11) is 0.